The minimum Gasteiger partial charge on any atom is -0.332 e. The molecule has 0 saturated carbocycles. The summed E-state index contributed by atoms with van der Waals surface area (Å²) in [5.74, 6) is 1.15. The van der Waals surface area contributed by atoms with Gasteiger partial charge in [-0.3, -0.25) is 0 Å². The highest BCUT2D eigenvalue weighted by molar-refractivity contribution is 5.43. The number of nitrogens with zero attached hydrogens (tertiary/aromatic N) is 5. The molecule has 3 heterocycles. The monoisotopic (exact) mass is 262 g/mol. The number of hydrogen-bond acceptors (Lipinski definition) is 6. The van der Waals surface area contributed by atoms with Crippen molar-refractivity contribution in [3.63, 3.8) is 0 Å². The SMILES string of the molecule is CC(C)(C)Cc1noc(-c2cn(C3CNC3)nn2)n1. The largest absolute Gasteiger partial charge is 0.332 e. The molecule has 102 valence electrons. The fourth-order valence-electron chi connectivity index (χ4n) is 1.92. The van der Waals surface area contributed by atoms with E-state index in [1.165, 1.54) is 0 Å². The Morgan fingerprint density at radius 1 is 1.42 bits per heavy atom. The predicted octanol–water partition coefficient (Wildman–Crippen LogP) is 1.06. The third-order valence-electron chi connectivity index (χ3n) is 3.02. The van der Waals surface area contributed by atoms with Crippen molar-refractivity contribution in [2.75, 3.05) is 13.1 Å². The lowest BCUT2D eigenvalue weighted by atomic mass is 9.92. The van der Waals surface area contributed by atoms with Crippen molar-refractivity contribution in [3.05, 3.63) is 12.0 Å². The molecule has 3 rings (SSSR count). The van der Waals surface area contributed by atoms with Crippen LogP contribution in [0.15, 0.2) is 10.7 Å². The average Bonchev–Trinajstić information content (AvgIpc) is 2.81. The second-order valence-electron chi connectivity index (χ2n) is 6.15. The normalized spacial score (nSPS) is 16.6. The molecule has 1 saturated heterocycles. The molecule has 0 unspecified atom stereocenters. The quantitative estimate of drug-likeness (QED) is 0.890. The fraction of sp³-hybridized carbons (Fsp3) is 0.667. The van der Waals surface area contributed by atoms with Crippen LogP contribution >= 0.6 is 0 Å². The smallest absolute Gasteiger partial charge is 0.280 e. The zero-order chi connectivity index (χ0) is 13.5. The molecule has 7 heteroatoms. The van der Waals surface area contributed by atoms with Gasteiger partial charge in [-0.05, 0) is 5.41 Å². The molecule has 2 aromatic rings. The Morgan fingerprint density at radius 3 is 2.84 bits per heavy atom. The second-order valence-corrected chi connectivity index (χ2v) is 6.15. The molecular weight excluding hydrogens is 244 g/mol. The summed E-state index contributed by atoms with van der Waals surface area (Å²) in [6.45, 7) is 8.29. The number of aromatic nitrogens is 5. The van der Waals surface area contributed by atoms with Crippen molar-refractivity contribution in [1.82, 2.24) is 30.5 Å². The van der Waals surface area contributed by atoms with Crippen LogP contribution in [0, 0.1) is 5.41 Å². The summed E-state index contributed by atoms with van der Waals surface area (Å²) in [4.78, 5) is 4.37. The van der Waals surface area contributed by atoms with Gasteiger partial charge in [-0.2, -0.15) is 4.98 Å². The van der Waals surface area contributed by atoms with E-state index in [9.17, 15) is 0 Å². The molecule has 0 amide bonds. The lowest BCUT2D eigenvalue weighted by Gasteiger charge is -2.26. The Balaban J connectivity index is 1.76. The highest BCUT2D eigenvalue weighted by Gasteiger charge is 2.22. The lowest BCUT2D eigenvalue weighted by molar-refractivity contribution is 0.313. The van der Waals surface area contributed by atoms with Crippen LogP contribution in [-0.4, -0.2) is 38.2 Å². The highest BCUT2D eigenvalue weighted by atomic mass is 16.5. The van der Waals surface area contributed by atoms with Gasteiger partial charge in [-0.15, -0.1) is 5.10 Å². The molecule has 7 nitrogen and oxygen atoms in total. The summed E-state index contributed by atoms with van der Waals surface area (Å²) in [7, 11) is 0. The molecule has 0 aliphatic carbocycles. The standard InChI is InChI=1S/C12H18N6O/c1-12(2,3)4-10-14-11(19-16-10)9-7-18(17-15-9)8-5-13-6-8/h7-8,13H,4-6H2,1-3H3. The third-order valence-corrected chi connectivity index (χ3v) is 3.02. The Labute approximate surface area is 111 Å². The minimum atomic E-state index is 0.135. The van der Waals surface area contributed by atoms with E-state index in [1.54, 1.807) is 0 Å². The molecule has 0 aromatic carbocycles. The van der Waals surface area contributed by atoms with Gasteiger partial charge in [0.05, 0.1) is 12.2 Å². The van der Waals surface area contributed by atoms with Gasteiger partial charge in [0.1, 0.15) is 0 Å². The zero-order valence-corrected chi connectivity index (χ0v) is 11.4. The van der Waals surface area contributed by atoms with Crippen LogP contribution in [0.4, 0.5) is 0 Å². The van der Waals surface area contributed by atoms with Crippen molar-refractivity contribution in [1.29, 1.82) is 0 Å². The van der Waals surface area contributed by atoms with Gasteiger partial charge in [0.15, 0.2) is 11.5 Å². The average molecular weight is 262 g/mol. The Hall–Kier alpha value is -1.76. The zero-order valence-electron chi connectivity index (χ0n) is 11.4. The van der Waals surface area contributed by atoms with E-state index in [1.807, 2.05) is 10.9 Å². The van der Waals surface area contributed by atoms with Crippen molar-refractivity contribution >= 4 is 0 Å². The van der Waals surface area contributed by atoms with Gasteiger partial charge < -0.3 is 9.84 Å². The number of hydrogen-bond donors (Lipinski definition) is 1. The van der Waals surface area contributed by atoms with E-state index in [2.05, 4.69) is 46.5 Å². The molecule has 0 bridgehead atoms. The van der Waals surface area contributed by atoms with Gasteiger partial charge >= 0.3 is 0 Å². The number of rotatable bonds is 3. The lowest BCUT2D eigenvalue weighted by Crippen LogP contribution is -2.43. The van der Waals surface area contributed by atoms with Gasteiger partial charge in [0.2, 0.25) is 0 Å². The van der Waals surface area contributed by atoms with Crippen LogP contribution in [0.1, 0.15) is 32.6 Å². The maximum Gasteiger partial charge on any atom is 0.280 e. The van der Waals surface area contributed by atoms with Crippen molar-refractivity contribution in [2.45, 2.75) is 33.2 Å². The molecule has 0 radical (unpaired) electrons. The van der Waals surface area contributed by atoms with Crippen LogP contribution in [0.25, 0.3) is 11.6 Å². The van der Waals surface area contributed by atoms with E-state index in [-0.39, 0.29) is 5.41 Å². The molecule has 1 aliphatic rings. The van der Waals surface area contributed by atoms with Gasteiger partial charge in [0.25, 0.3) is 5.89 Å². The summed E-state index contributed by atoms with van der Waals surface area (Å²) in [6.07, 6.45) is 2.64. The van der Waals surface area contributed by atoms with Crippen molar-refractivity contribution in [2.24, 2.45) is 5.41 Å². The first-order chi connectivity index (χ1) is 9.01. The maximum atomic E-state index is 5.25. The summed E-state index contributed by atoms with van der Waals surface area (Å²) in [5.41, 5.74) is 0.774. The van der Waals surface area contributed by atoms with Crippen LogP contribution in [0.3, 0.4) is 0 Å². The molecule has 2 aromatic heterocycles. The van der Waals surface area contributed by atoms with Crippen LogP contribution in [-0.2, 0) is 6.42 Å². The van der Waals surface area contributed by atoms with E-state index >= 15 is 0 Å². The highest BCUT2D eigenvalue weighted by Crippen LogP contribution is 2.21. The molecule has 1 N–H and O–H groups in total. The first-order valence-electron chi connectivity index (χ1n) is 6.47. The third kappa shape index (κ3) is 2.65. The predicted molar refractivity (Wildman–Crippen MR) is 68.4 cm³/mol. The van der Waals surface area contributed by atoms with Crippen LogP contribution < -0.4 is 5.32 Å². The van der Waals surface area contributed by atoms with Gasteiger partial charge in [0, 0.05) is 19.5 Å². The summed E-state index contributed by atoms with van der Waals surface area (Å²) >= 11 is 0. The topological polar surface area (TPSA) is 81.7 Å². The van der Waals surface area contributed by atoms with E-state index in [0.29, 0.717) is 23.5 Å². The molecule has 0 spiro atoms. The van der Waals surface area contributed by atoms with E-state index < -0.39 is 0 Å². The first kappa shape index (κ1) is 12.3. The van der Waals surface area contributed by atoms with Gasteiger partial charge in [-0.1, -0.05) is 31.1 Å². The van der Waals surface area contributed by atoms with Gasteiger partial charge in [-0.25, -0.2) is 4.68 Å². The Kier molecular flexibility index (Phi) is 2.85. The molecule has 19 heavy (non-hydrogen) atoms. The molecule has 0 atom stereocenters. The summed E-state index contributed by atoms with van der Waals surface area (Å²) < 4.78 is 7.10. The number of nitrogens with one attached hydrogen (secondary N) is 1. The second kappa shape index (κ2) is 4.41. The molecule has 1 aliphatic heterocycles. The van der Waals surface area contributed by atoms with Crippen molar-refractivity contribution in [3.8, 4) is 11.6 Å². The van der Waals surface area contributed by atoms with Crippen LogP contribution in [0.2, 0.25) is 0 Å². The summed E-state index contributed by atoms with van der Waals surface area (Å²) in [5, 5.41) is 15.4. The minimum absolute atomic E-state index is 0.135. The summed E-state index contributed by atoms with van der Waals surface area (Å²) in [6, 6.07) is 0.387. The van der Waals surface area contributed by atoms with E-state index in [0.717, 1.165) is 19.5 Å². The van der Waals surface area contributed by atoms with E-state index in [4.69, 9.17) is 4.52 Å². The van der Waals surface area contributed by atoms with Crippen molar-refractivity contribution < 1.29 is 4.52 Å². The van der Waals surface area contributed by atoms with Crippen LogP contribution in [0.5, 0.6) is 0 Å². The molecular formula is C12H18N6O. The maximum absolute atomic E-state index is 5.25. The molecule has 1 fully saturated rings. The Morgan fingerprint density at radius 2 is 2.21 bits per heavy atom. The fourth-order valence-corrected chi connectivity index (χ4v) is 1.92. The first-order valence-corrected chi connectivity index (χ1v) is 6.47. The Bertz CT molecular complexity index is 563.